The summed E-state index contributed by atoms with van der Waals surface area (Å²) in [5.41, 5.74) is 1.04. The first-order valence-corrected chi connectivity index (χ1v) is 3.69. The minimum Gasteiger partial charge on any atom is -0.0988 e. The summed E-state index contributed by atoms with van der Waals surface area (Å²) in [5, 5.41) is 2.00. The maximum Gasteiger partial charge on any atom is 0.00671 e. The normalized spacial score (nSPS) is 10.0. The molecule has 0 saturated heterocycles. The molecule has 0 aliphatic rings. The molecule has 1 heteroatoms. The molecule has 0 rings (SSSR count). The lowest BCUT2D eigenvalue weighted by Crippen LogP contribution is -1.69. The van der Waals surface area contributed by atoms with E-state index in [0.29, 0.717) is 0 Å². The Morgan fingerprint density at radius 1 is 1.44 bits per heavy atom. The van der Waals surface area contributed by atoms with E-state index in [9.17, 15) is 0 Å². The van der Waals surface area contributed by atoms with Gasteiger partial charge in [-0.1, -0.05) is 31.0 Å². The van der Waals surface area contributed by atoms with Crippen molar-refractivity contribution in [2.24, 2.45) is 0 Å². The van der Waals surface area contributed by atoms with Crippen LogP contribution in [-0.4, -0.2) is 0 Å². The van der Waals surface area contributed by atoms with E-state index in [0.717, 1.165) is 10.5 Å². The number of rotatable bonds is 3. The molecule has 0 aliphatic heterocycles. The topological polar surface area (TPSA) is 0 Å². The van der Waals surface area contributed by atoms with Gasteiger partial charge in [-0.05, 0) is 24.8 Å². The van der Waals surface area contributed by atoms with Gasteiger partial charge in [0.05, 0.1) is 0 Å². The van der Waals surface area contributed by atoms with Gasteiger partial charge in [-0.25, -0.2) is 0 Å². The van der Waals surface area contributed by atoms with E-state index in [-0.39, 0.29) is 0 Å². The van der Waals surface area contributed by atoms with Crippen molar-refractivity contribution in [1.82, 2.24) is 0 Å². The van der Waals surface area contributed by atoms with Crippen molar-refractivity contribution in [3.63, 3.8) is 0 Å². The molecule has 0 bridgehead atoms. The van der Waals surface area contributed by atoms with Crippen molar-refractivity contribution < 1.29 is 0 Å². The maximum atomic E-state index is 3.80. The fourth-order valence-electron chi connectivity index (χ4n) is 0.251. The molecular weight excluding hydrogens is 128 g/mol. The van der Waals surface area contributed by atoms with Gasteiger partial charge in [-0.15, -0.1) is 0 Å². The molecule has 0 aliphatic carbocycles. The van der Waals surface area contributed by atoms with Gasteiger partial charge in [0.15, 0.2) is 0 Å². The summed E-state index contributed by atoms with van der Waals surface area (Å²) in [5.74, 6) is 0. The molecule has 0 N–H and O–H groups in total. The van der Waals surface area contributed by atoms with Crippen LogP contribution in [0.5, 0.6) is 0 Å². The molecule has 0 atom stereocenters. The van der Waals surface area contributed by atoms with Crippen molar-refractivity contribution in [2.75, 3.05) is 0 Å². The van der Waals surface area contributed by atoms with Crippen molar-refractivity contribution in [1.29, 1.82) is 0 Å². The van der Waals surface area contributed by atoms with Gasteiger partial charge in [0.25, 0.3) is 0 Å². The largest absolute Gasteiger partial charge is 0.0988 e. The second kappa shape index (κ2) is 4.45. The van der Waals surface area contributed by atoms with Gasteiger partial charge in [0.2, 0.25) is 0 Å². The Balaban J connectivity index is 3.65. The average molecular weight is 140 g/mol. The van der Waals surface area contributed by atoms with E-state index in [2.05, 4.69) is 13.2 Å². The standard InChI is InChI=1S/C8H12S/c1-5-6-9-8(4)7(2)3/h5-6H,2,4H2,1,3H3. The Morgan fingerprint density at radius 3 is 2.33 bits per heavy atom. The zero-order valence-electron chi connectivity index (χ0n) is 5.98. The Kier molecular flexibility index (Phi) is 4.24. The van der Waals surface area contributed by atoms with Crippen LogP contribution in [-0.2, 0) is 0 Å². The second-order valence-corrected chi connectivity index (χ2v) is 2.79. The van der Waals surface area contributed by atoms with Crippen LogP contribution < -0.4 is 0 Å². The molecule has 9 heavy (non-hydrogen) atoms. The zero-order chi connectivity index (χ0) is 7.28. The minimum absolute atomic E-state index is 1.04. The van der Waals surface area contributed by atoms with Gasteiger partial charge in [-0.3, -0.25) is 0 Å². The molecule has 0 spiro atoms. The first kappa shape index (κ1) is 8.57. The van der Waals surface area contributed by atoms with Gasteiger partial charge in [0.1, 0.15) is 0 Å². The van der Waals surface area contributed by atoms with Crippen LogP contribution in [0, 0.1) is 0 Å². The summed E-state index contributed by atoms with van der Waals surface area (Å²) < 4.78 is 0. The number of hydrogen-bond donors (Lipinski definition) is 0. The molecule has 0 amide bonds. The lowest BCUT2D eigenvalue weighted by molar-refractivity contribution is 1.55. The third kappa shape index (κ3) is 4.10. The zero-order valence-corrected chi connectivity index (χ0v) is 6.79. The summed E-state index contributed by atoms with van der Waals surface area (Å²) in [6.45, 7) is 11.5. The lowest BCUT2D eigenvalue weighted by atomic mass is 10.3. The smallest absolute Gasteiger partial charge is 0.00671 e. The van der Waals surface area contributed by atoms with E-state index in [1.165, 1.54) is 0 Å². The third-order valence-electron chi connectivity index (χ3n) is 0.822. The Labute approximate surface area is 61.3 Å². The number of thioether (sulfide) groups is 1. The molecule has 50 valence electrons. The summed E-state index contributed by atoms with van der Waals surface area (Å²) in [6.07, 6.45) is 1.98. The van der Waals surface area contributed by atoms with E-state index >= 15 is 0 Å². The molecule has 0 aromatic carbocycles. The highest BCUT2D eigenvalue weighted by molar-refractivity contribution is 8.06. The van der Waals surface area contributed by atoms with Crippen LogP contribution in [0.3, 0.4) is 0 Å². The summed E-state index contributed by atoms with van der Waals surface area (Å²) >= 11 is 1.61. The Morgan fingerprint density at radius 2 is 2.00 bits per heavy atom. The van der Waals surface area contributed by atoms with E-state index in [1.54, 1.807) is 11.8 Å². The summed E-state index contributed by atoms with van der Waals surface area (Å²) in [4.78, 5) is 1.04. The highest BCUT2D eigenvalue weighted by Crippen LogP contribution is 2.20. The lowest BCUT2D eigenvalue weighted by Gasteiger charge is -1.96. The molecule has 0 fully saturated rings. The SMILES string of the molecule is C=C(C)C(=C)SC=CC. The van der Waals surface area contributed by atoms with Crippen molar-refractivity contribution >= 4 is 11.8 Å². The van der Waals surface area contributed by atoms with Gasteiger partial charge < -0.3 is 0 Å². The monoisotopic (exact) mass is 140 g/mol. The second-order valence-electron chi connectivity index (χ2n) is 1.79. The maximum absolute atomic E-state index is 3.80. The predicted octanol–water partition coefficient (Wildman–Crippen LogP) is 3.34. The van der Waals surface area contributed by atoms with Crippen LogP contribution in [0.25, 0.3) is 0 Å². The molecule has 0 aromatic heterocycles. The quantitative estimate of drug-likeness (QED) is 0.542. The molecule has 0 aromatic rings. The van der Waals surface area contributed by atoms with E-state index in [4.69, 9.17) is 0 Å². The van der Waals surface area contributed by atoms with E-state index < -0.39 is 0 Å². The van der Waals surface area contributed by atoms with Gasteiger partial charge >= 0.3 is 0 Å². The first-order valence-electron chi connectivity index (χ1n) is 2.81. The highest BCUT2D eigenvalue weighted by Gasteiger charge is 1.88. The van der Waals surface area contributed by atoms with Crippen LogP contribution >= 0.6 is 11.8 Å². The van der Waals surface area contributed by atoms with Gasteiger partial charge in [-0.2, -0.15) is 0 Å². The molecule has 0 radical (unpaired) electrons. The van der Waals surface area contributed by atoms with E-state index in [1.807, 2.05) is 25.3 Å². The molecule has 0 heterocycles. The first-order chi connectivity index (χ1) is 4.18. The van der Waals surface area contributed by atoms with Crippen LogP contribution in [0.4, 0.5) is 0 Å². The minimum atomic E-state index is 1.04. The fraction of sp³-hybridized carbons (Fsp3) is 0.250. The predicted molar refractivity (Wildman–Crippen MR) is 46.4 cm³/mol. The Hall–Kier alpha value is -0.430. The molecule has 0 unspecified atom stereocenters. The highest BCUT2D eigenvalue weighted by atomic mass is 32.2. The van der Waals surface area contributed by atoms with Crippen molar-refractivity contribution in [3.8, 4) is 0 Å². The number of hydrogen-bond acceptors (Lipinski definition) is 1. The summed E-state index contributed by atoms with van der Waals surface area (Å²) in [6, 6.07) is 0. The summed E-state index contributed by atoms with van der Waals surface area (Å²) in [7, 11) is 0. The number of allylic oxidation sites excluding steroid dienone is 2. The van der Waals surface area contributed by atoms with Crippen LogP contribution in [0.1, 0.15) is 13.8 Å². The molecular formula is C8H12S. The molecule has 0 nitrogen and oxygen atoms in total. The molecule has 0 saturated carbocycles. The average Bonchev–Trinajstić information content (AvgIpc) is 1.82. The Bertz CT molecular complexity index is 143. The van der Waals surface area contributed by atoms with Crippen molar-refractivity contribution in [3.05, 3.63) is 35.1 Å². The van der Waals surface area contributed by atoms with Crippen LogP contribution in [0.2, 0.25) is 0 Å². The fourth-order valence-corrected chi connectivity index (χ4v) is 0.752. The van der Waals surface area contributed by atoms with Crippen molar-refractivity contribution in [2.45, 2.75) is 13.8 Å². The van der Waals surface area contributed by atoms with Gasteiger partial charge in [0, 0.05) is 4.91 Å². The third-order valence-corrected chi connectivity index (χ3v) is 1.86. The van der Waals surface area contributed by atoms with Crippen LogP contribution in [0.15, 0.2) is 35.1 Å².